The molecular weight excluding hydrogens is 381 g/mol. The number of nitrogens with zero attached hydrogens (tertiary/aromatic N) is 3. The van der Waals surface area contributed by atoms with Crippen molar-refractivity contribution in [3.63, 3.8) is 0 Å². The van der Waals surface area contributed by atoms with Crippen molar-refractivity contribution in [1.29, 1.82) is 0 Å². The quantitative estimate of drug-likeness (QED) is 0.606. The summed E-state index contributed by atoms with van der Waals surface area (Å²) in [4.78, 5) is 12.7. The van der Waals surface area contributed by atoms with Crippen molar-refractivity contribution in [3.05, 3.63) is 75.8 Å². The fourth-order valence-electron chi connectivity index (χ4n) is 4.06. The predicted octanol–water partition coefficient (Wildman–Crippen LogP) is 3.61. The van der Waals surface area contributed by atoms with Crippen LogP contribution >= 0.6 is 0 Å². The molecule has 2 aromatic carbocycles. The highest BCUT2D eigenvalue weighted by atomic mass is 19.1. The molecule has 0 bridgehead atoms. The van der Waals surface area contributed by atoms with Crippen molar-refractivity contribution in [2.24, 2.45) is 0 Å². The van der Waals surface area contributed by atoms with Crippen LogP contribution in [0.5, 0.6) is 5.75 Å². The van der Waals surface area contributed by atoms with Crippen LogP contribution in [0, 0.1) is 5.82 Å². The third kappa shape index (κ3) is 4.28. The summed E-state index contributed by atoms with van der Waals surface area (Å²) < 4.78 is 22.0. The normalized spacial score (nSPS) is 14.0. The number of fused-ring (bicyclic) bond motifs is 3. The van der Waals surface area contributed by atoms with Gasteiger partial charge in [-0.2, -0.15) is 9.78 Å². The molecule has 156 valence electrons. The third-order valence-electron chi connectivity index (χ3n) is 5.22. The zero-order chi connectivity index (χ0) is 21.5. The van der Waals surface area contributed by atoms with E-state index in [2.05, 4.69) is 26.2 Å². The number of rotatable bonds is 5. The molecule has 3 aromatic rings. The van der Waals surface area contributed by atoms with Gasteiger partial charge in [-0.25, -0.2) is 4.39 Å². The summed E-state index contributed by atoms with van der Waals surface area (Å²) in [5.74, 6) is 0.448. The summed E-state index contributed by atoms with van der Waals surface area (Å²) in [5, 5.41) is 4.60. The first-order valence-corrected chi connectivity index (χ1v) is 10.2. The van der Waals surface area contributed by atoms with E-state index in [4.69, 9.17) is 4.74 Å². The Balaban J connectivity index is 1.64. The Kier molecular flexibility index (Phi) is 5.20. The second kappa shape index (κ2) is 7.69. The zero-order valence-electron chi connectivity index (χ0n) is 17.9. The summed E-state index contributed by atoms with van der Waals surface area (Å²) in [5.41, 5.74) is 3.81. The van der Waals surface area contributed by atoms with Crippen molar-refractivity contribution in [2.75, 3.05) is 27.7 Å². The standard InChI is InChI=1S/C24H27FN3O2/c1-16(15-28(2,3)4)30-21-11-9-20(10-12-21)27-23(29)13-18-6-5-17-7-8-19(25)14-22(17)24(18)26-27/h7-14,16H,5-6,15H2,1-4H3/q+1. The lowest BCUT2D eigenvalue weighted by molar-refractivity contribution is -0.872. The Hall–Kier alpha value is -2.99. The molecular formula is C24H27FN3O2+. The molecule has 0 aliphatic heterocycles. The van der Waals surface area contributed by atoms with Crippen LogP contribution in [0.15, 0.2) is 53.3 Å². The highest BCUT2D eigenvalue weighted by molar-refractivity contribution is 5.69. The van der Waals surface area contributed by atoms with Crippen LogP contribution in [0.25, 0.3) is 16.9 Å². The summed E-state index contributed by atoms with van der Waals surface area (Å²) in [6.45, 7) is 2.92. The Morgan fingerprint density at radius 3 is 2.47 bits per heavy atom. The molecule has 0 N–H and O–H groups in total. The largest absolute Gasteiger partial charge is 0.485 e. The highest BCUT2D eigenvalue weighted by Gasteiger charge is 2.20. The van der Waals surface area contributed by atoms with E-state index in [1.807, 2.05) is 31.2 Å². The van der Waals surface area contributed by atoms with Gasteiger partial charge in [-0.15, -0.1) is 0 Å². The molecule has 30 heavy (non-hydrogen) atoms. The smallest absolute Gasteiger partial charge is 0.271 e. The van der Waals surface area contributed by atoms with E-state index in [0.717, 1.165) is 46.3 Å². The number of aryl methyl sites for hydroxylation is 2. The van der Waals surface area contributed by atoms with Crippen molar-refractivity contribution < 1.29 is 13.6 Å². The minimum Gasteiger partial charge on any atom is -0.485 e. The van der Waals surface area contributed by atoms with Crippen molar-refractivity contribution in [1.82, 2.24) is 9.78 Å². The van der Waals surface area contributed by atoms with Gasteiger partial charge in [0.2, 0.25) is 0 Å². The molecule has 0 saturated heterocycles. The molecule has 0 fully saturated rings. The van der Waals surface area contributed by atoms with Crippen LogP contribution < -0.4 is 10.3 Å². The van der Waals surface area contributed by atoms with E-state index in [-0.39, 0.29) is 17.5 Å². The second-order valence-electron chi connectivity index (χ2n) is 8.96. The molecule has 6 heteroatoms. The fraction of sp³-hybridized carbons (Fsp3) is 0.333. The second-order valence-corrected chi connectivity index (χ2v) is 8.96. The molecule has 0 spiro atoms. The van der Waals surface area contributed by atoms with Crippen molar-refractivity contribution in [2.45, 2.75) is 25.9 Å². The predicted molar refractivity (Wildman–Crippen MR) is 116 cm³/mol. The molecule has 1 aliphatic rings. The number of aromatic nitrogens is 2. The summed E-state index contributed by atoms with van der Waals surface area (Å²) >= 11 is 0. The molecule has 0 saturated carbocycles. The van der Waals surface area contributed by atoms with Gasteiger partial charge in [-0.3, -0.25) is 4.79 Å². The van der Waals surface area contributed by atoms with E-state index in [1.165, 1.54) is 16.8 Å². The Labute approximate surface area is 175 Å². The number of hydrogen-bond donors (Lipinski definition) is 0. The molecule has 0 radical (unpaired) electrons. The minimum atomic E-state index is -0.300. The number of hydrogen-bond acceptors (Lipinski definition) is 3. The summed E-state index contributed by atoms with van der Waals surface area (Å²) in [7, 11) is 6.38. The number of halogens is 1. The Morgan fingerprint density at radius 2 is 1.77 bits per heavy atom. The number of benzene rings is 2. The first-order chi connectivity index (χ1) is 14.2. The molecule has 5 nitrogen and oxygen atoms in total. The zero-order valence-corrected chi connectivity index (χ0v) is 17.9. The molecule has 1 unspecified atom stereocenters. The van der Waals surface area contributed by atoms with E-state index in [9.17, 15) is 9.18 Å². The van der Waals surface area contributed by atoms with Crippen LogP contribution in [0.3, 0.4) is 0 Å². The molecule has 1 atom stereocenters. The number of ether oxygens (including phenoxy) is 1. The molecule has 1 aromatic heterocycles. The van der Waals surface area contributed by atoms with Gasteiger partial charge in [0.25, 0.3) is 5.56 Å². The maximum atomic E-state index is 13.8. The average molecular weight is 408 g/mol. The van der Waals surface area contributed by atoms with Gasteiger partial charge in [-0.1, -0.05) is 6.07 Å². The lowest BCUT2D eigenvalue weighted by Crippen LogP contribution is -2.42. The first-order valence-electron chi connectivity index (χ1n) is 10.2. The van der Waals surface area contributed by atoms with E-state index < -0.39 is 0 Å². The fourth-order valence-corrected chi connectivity index (χ4v) is 4.06. The van der Waals surface area contributed by atoms with Crippen molar-refractivity contribution in [3.8, 4) is 22.7 Å². The lowest BCUT2D eigenvalue weighted by Gasteiger charge is -2.27. The maximum Gasteiger partial charge on any atom is 0.271 e. The summed E-state index contributed by atoms with van der Waals surface area (Å²) in [6.07, 6.45) is 1.58. The van der Waals surface area contributed by atoms with Crippen LogP contribution in [0.4, 0.5) is 4.39 Å². The molecule has 4 rings (SSSR count). The molecule has 0 amide bonds. The monoisotopic (exact) mass is 408 g/mol. The van der Waals surface area contributed by atoms with Gasteiger partial charge in [0.1, 0.15) is 24.2 Å². The average Bonchev–Trinajstić information content (AvgIpc) is 2.66. The van der Waals surface area contributed by atoms with E-state index in [0.29, 0.717) is 11.4 Å². The van der Waals surface area contributed by atoms with Gasteiger partial charge < -0.3 is 9.22 Å². The Bertz CT molecular complexity index is 1130. The van der Waals surface area contributed by atoms with Gasteiger partial charge in [0.15, 0.2) is 0 Å². The number of quaternary nitrogens is 1. The highest BCUT2D eigenvalue weighted by Crippen LogP contribution is 2.31. The van der Waals surface area contributed by atoms with Gasteiger partial charge in [-0.05, 0) is 67.3 Å². The topological polar surface area (TPSA) is 44.1 Å². The SMILES string of the molecule is CC(C[N+](C)(C)C)Oc1ccc(-n2nc3c(cc2=O)CCc2ccc(F)cc2-3)cc1. The number of likely N-dealkylation sites (N-methyl/N-ethyl adjacent to an activating group) is 1. The third-order valence-corrected chi connectivity index (χ3v) is 5.22. The Morgan fingerprint density at radius 1 is 1.07 bits per heavy atom. The van der Waals surface area contributed by atoms with Crippen LogP contribution in [0.2, 0.25) is 0 Å². The van der Waals surface area contributed by atoms with Gasteiger partial charge in [0.05, 0.1) is 32.5 Å². The van der Waals surface area contributed by atoms with E-state index >= 15 is 0 Å². The van der Waals surface area contributed by atoms with Crippen LogP contribution in [0.1, 0.15) is 18.1 Å². The minimum absolute atomic E-state index is 0.0619. The van der Waals surface area contributed by atoms with Gasteiger partial charge in [0, 0.05) is 11.6 Å². The van der Waals surface area contributed by atoms with Crippen LogP contribution in [-0.4, -0.2) is 48.1 Å². The van der Waals surface area contributed by atoms with Crippen LogP contribution in [-0.2, 0) is 12.8 Å². The first kappa shape index (κ1) is 20.3. The molecule has 1 heterocycles. The van der Waals surface area contributed by atoms with Gasteiger partial charge >= 0.3 is 0 Å². The lowest BCUT2D eigenvalue weighted by atomic mass is 9.89. The molecule has 1 aliphatic carbocycles. The van der Waals surface area contributed by atoms with E-state index in [1.54, 1.807) is 12.1 Å². The summed E-state index contributed by atoms with van der Waals surface area (Å²) in [6, 6.07) is 13.7. The van der Waals surface area contributed by atoms with Crippen molar-refractivity contribution >= 4 is 0 Å². The maximum absolute atomic E-state index is 13.8.